The van der Waals surface area contributed by atoms with Crippen LogP contribution in [0.3, 0.4) is 0 Å². The Balaban J connectivity index is 2.42. The molecule has 1 aromatic heterocycles. The lowest BCUT2D eigenvalue weighted by molar-refractivity contribution is -0.140. The molecule has 0 saturated heterocycles. The summed E-state index contributed by atoms with van der Waals surface area (Å²) in [7, 11) is 3.26. The average molecular weight is 704 g/mol. The largest absolute Gasteiger partial charge is 0.481 e. The lowest BCUT2D eigenvalue weighted by Gasteiger charge is -2.34. The predicted octanol–water partition coefficient (Wildman–Crippen LogP) is 8.03. The Kier molecular flexibility index (Phi) is 12.1. The summed E-state index contributed by atoms with van der Waals surface area (Å²) < 4.78 is 119. The van der Waals surface area contributed by atoms with E-state index in [1.54, 1.807) is 51.9 Å². The number of nitrogens with zero attached hydrogens (tertiary/aromatic N) is 2. The first-order chi connectivity index (χ1) is 22.4. The third kappa shape index (κ3) is 9.07. The number of benzene rings is 2. The highest BCUT2D eigenvalue weighted by molar-refractivity contribution is 5.74. The highest BCUT2D eigenvalue weighted by Gasteiger charge is 2.43. The van der Waals surface area contributed by atoms with Crippen LogP contribution in [0, 0.1) is 38.3 Å². The van der Waals surface area contributed by atoms with Crippen LogP contribution in [0.15, 0.2) is 35.3 Å². The molecule has 3 atom stereocenters. The molecular formula is C35H41F8N3O3. The summed E-state index contributed by atoms with van der Waals surface area (Å²) in [5, 5.41) is 9.87. The van der Waals surface area contributed by atoms with Crippen LogP contribution < -0.4 is 11.3 Å². The number of aliphatic carboxylic acids is 1. The van der Waals surface area contributed by atoms with E-state index in [4.69, 9.17) is 5.73 Å². The summed E-state index contributed by atoms with van der Waals surface area (Å²) in [6, 6.07) is 0.783. The number of alkyl halides is 6. The molecule has 49 heavy (non-hydrogen) atoms. The Bertz CT molecular complexity index is 1720. The van der Waals surface area contributed by atoms with Gasteiger partial charge in [-0.2, -0.15) is 26.3 Å². The van der Waals surface area contributed by atoms with Gasteiger partial charge in [-0.3, -0.25) is 9.59 Å². The zero-order valence-corrected chi connectivity index (χ0v) is 28.3. The topological polar surface area (TPSA) is 88.6 Å². The van der Waals surface area contributed by atoms with E-state index in [1.807, 2.05) is 0 Å². The Labute approximate surface area is 279 Å². The zero-order chi connectivity index (χ0) is 37.3. The summed E-state index contributed by atoms with van der Waals surface area (Å²) in [4.78, 5) is 27.1. The number of hydrogen-bond donors (Lipinski definition) is 2. The highest BCUT2D eigenvalue weighted by Crippen LogP contribution is 2.44. The SMILES string of the molecule is Cc1cc(C)c(-c2cc(C(F)(F)F)c(F)c([C@H](CC(=O)O)C(N)C(CC(C)C)n3cc(CCN(C)C)c(C(F)(F)F)cc3=O)c2F)c(C)c1. The van der Waals surface area contributed by atoms with Crippen molar-refractivity contribution < 1.29 is 45.0 Å². The van der Waals surface area contributed by atoms with Crippen molar-refractivity contribution in [2.45, 2.75) is 84.2 Å². The second-order valence-electron chi connectivity index (χ2n) is 13.3. The van der Waals surface area contributed by atoms with Crippen molar-refractivity contribution in [1.29, 1.82) is 0 Å². The van der Waals surface area contributed by atoms with Crippen LogP contribution in [0.5, 0.6) is 0 Å². The number of likely N-dealkylation sites (N-methyl/N-ethyl adjacent to an activating group) is 1. The van der Waals surface area contributed by atoms with Crippen molar-refractivity contribution in [1.82, 2.24) is 9.47 Å². The number of aromatic nitrogens is 1. The predicted molar refractivity (Wildman–Crippen MR) is 170 cm³/mol. The number of aryl methyl sites for hydroxylation is 3. The van der Waals surface area contributed by atoms with Gasteiger partial charge in [-0.05, 0) is 81.9 Å². The molecule has 0 bridgehead atoms. The Morgan fingerprint density at radius 3 is 1.94 bits per heavy atom. The molecule has 3 N–H and O–H groups in total. The molecule has 3 aromatic rings. The van der Waals surface area contributed by atoms with Crippen molar-refractivity contribution >= 4 is 5.97 Å². The molecule has 0 aliphatic rings. The number of carboxylic acids is 1. The molecule has 2 unspecified atom stereocenters. The monoisotopic (exact) mass is 703 g/mol. The van der Waals surface area contributed by atoms with Gasteiger partial charge in [-0.1, -0.05) is 31.5 Å². The minimum absolute atomic E-state index is 0.0423. The maximum Gasteiger partial charge on any atom is 0.419 e. The van der Waals surface area contributed by atoms with Crippen LogP contribution in [0.2, 0.25) is 0 Å². The number of carboxylic acid groups (broad SMARTS) is 1. The van der Waals surface area contributed by atoms with Crippen molar-refractivity contribution in [2.75, 3.05) is 20.6 Å². The smallest absolute Gasteiger partial charge is 0.419 e. The van der Waals surface area contributed by atoms with Crippen LogP contribution in [-0.4, -0.2) is 47.2 Å². The standard InChI is InChI=1S/C35H41F8N3O3/c1-17(2)10-26(46-16-21(8-9-45(6)7)24(15-27(46)47)34(38,39)40)33(44)23(14-28(48)49)30-31(36)22(13-25(32(30)37)35(41,42)43)29-19(4)11-18(3)12-20(29)5/h11-13,15-17,23,26,33H,8-10,14,44H2,1-7H3,(H,48,49)/t23-,26?,33?/m0/s1. The zero-order valence-electron chi connectivity index (χ0n) is 28.3. The van der Waals surface area contributed by atoms with Gasteiger partial charge in [-0.25, -0.2) is 8.78 Å². The van der Waals surface area contributed by atoms with E-state index in [0.29, 0.717) is 23.3 Å². The normalized spacial score (nSPS) is 14.4. The van der Waals surface area contributed by atoms with Gasteiger partial charge in [0.05, 0.1) is 23.6 Å². The Hall–Kier alpha value is -3.78. The van der Waals surface area contributed by atoms with Crippen molar-refractivity contribution in [3.05, 3.63) is 91.4 Å². The van der Waals surface area contributed by atoms with E-state index in [-0.39, 0.29) is 36.4 Å². The molecule has 0 aliphatic carbocycles. The number of halogens is 8. The van der Waals surface area contributed by atoms with Gasteiger partial charge in [0.2, 0.25) is 0 Å². The number of pyridine rings is 1. The quantitative estimate of drug-likeness (QED) is 0.187. The lowest BCUT2D eigenvalue weighted by Crippen LogP contribution is -2.43. The van der Waals surface area contributed by atoms with Crippen LogP contribution in [0.25, 0.3) is 11.1 Å². The molecule has 6 nitrogen and oxygen atoms in total. The first kappa shape index (κ1) is 39.7. The average Bonchev–Trinajstić information content (AvgIpc) is 2.93. The van der Waals surface area contributed by atoms with E-state index in [9.17, 15) is 41.0 Å². The first-order valence-corrected chi connectivity index (χ1v) is 15.6. The Morgan fingerprint density at radius 2 is 1.47 bits per heavy atom. The summed E-state index contributed by atoms with van der Waals surface area (Å²) in [6.45, 7) is 8.28. The molecule has 14 heteroatoms. The molecular weight excluding hydrogens is 662 g/mol. The summed E-state index contributed by atoms with van der Waals surface area (Å²) in [5.41, 5.74) is 1.74. The van der Waals surface area contributed by atoms with Crippen molar-refractivity contribution in [2.24, 2.45) is 11.7 Å². The lowest BCUT2D eigenvalue weighted by atomic mass is 9.79. The molecule has 0 aliphatic heterocycles. The van der Waals surface area contributed by atoms with E-state index in [0.717, 1.165) is 16.3 Å². The number of hydrogen-bond acceptors (Lipinski definition) is 4. The van der Waals surface area contributed by atoms with Gasteiger partial charge in [0, 0.05) is 41.9 Å². The second kappa shape index (κ2) is 15.0. The fraction of sp³-hybridized carbons (Fsp3) is 0.486. The molecule has 0 fully saturated rings. The van der Waals surface area contributed by atoms with Crippen molar-refractivity contribution in [3.63, 3.8) is 0 Å². The van der Waals surface area contributed by atoms with Gasteiger partial charge in [0.1, 0.15) is 11.6 Å². The molecule has 0 radical (unpaired) electrons. The van der Waals surface area contributed by atoms with E-state index in [1.165, 1.54) is 13.8 Å². The molecule has 3 rings (SSSR count). The van der Waals surface area contributed by atoms with Gasteiger partial charge >= 0.3 is 18.3 Å². The molecule has 270 valence electrons. The molecule has 2 aromatic carbocycles. The highest BCUT2D eigenvalue weighted by atomic mass is 19.4. The first-order valence-electron chi connectivity index (χ1n) is 15.6. The third-order valence-corrected chi connectivity index (χ3v) is 8.53. The third-order valence-electron chi connectivity index (χ3n) is 8.53. The van der Waals surface area contributed by atoms with E-state index < -0.39 is 82.2 Å². The minimum atomic E-state index is -5.34. The fourth-order valence-electron chi connectivity index (χ4n) is 6.46. The molecule has 0 spiro atoms. The minimum Gasteiger partial charge on any atom is -0.481 e. The summed E-state index contributed by atoms with van der Waals surface area (Å²) >= 11 is 0. The number of nitrogens with two attached hydrogens (primary N) is 1. The van der Waals surface area contributed by atoms with Gasteiger partial charge in [-0.15, -0.1) is 0 Å². The van der Waals surface area contributed by atoms with Crippen LogP contribution in [0.1, 0.15) is 77.6 Å². The van der Waals surface area contributed by atoms with Crippen LogP contribution in [0.4, 0.5) is 35.1 Å². The Morgan fingerprint density at radius 1 is 0.918 bits per heavy atom. The number of carbonyl (C=O) groups is 1. The van der Waals surface area contributed by atoms with Gasteiger partial charge < -0.3 is 20.3 Å². The van der Waals surface area contributed by atoms with Crippen LogP contribution >= 0.6 is 0 Å². The summed E-state index contributed by atoms with van der Waals surface area (Å²) in [6.07, 6.45) is -10.7. The van der Waals surface area contributed by atoms with E-state index >= 15 is 8.78 Å². The molecule has 0 amide bonds. The van der Waals surface area contributed by atoms with Gasteiger partial charge in [0.25, 0.3) is 5.56 Å². The van der Waals surface area contributed by atoms with Crippen molar-refractivity contribution in [3.8, 4) is 11.1 Å². The maximum atomic E-state index is 16.7. The van der Waals surface area contributed by atoms with Crippen LogP contribution in [-0.2, 0) is 23.6 Å². The molecule has 1 heterocycles. The second-order valence-corrected chi connectivity index (χ2v) is 13.3. The van der Waals surface area contributed by atoms with E-state index in [2.05, 4.69) is 0 Å². The number of rotatable bonds is 12. The summed E-state index contributed by atoms with van der Waals surface area (Å²) in [5.74, 6) is -7.53. The maximum absolute atomic E-state index is 16.7. The fourth-order valence-corrected chi connectivity index (χ4v) is 6.46. The molecule has 0 saturated carbocycles. The van der Waals surface area contributed by atoms with Gasteiger partial charge in [0.15, 0.2) is 0 Å².